The van der Waals surface area contributed by atoms with E-state index in [1.165, 1.54) is 16.8 Å². The summed E-state index contributed by atoms with van der Waals surface area (Å²) in [4.78, 5) is 14.2. The SMILES string of the molecule is CC(=O)N[C@@]12CCN(Cc3c(C)nn(Cc4ccccc4)c3C)C[C@@H]1CNC2. The predicted molar refractivity (Wildman–Crippen MR) is 110 cm³/mol. The summed E-state index contributed by atoms with van der Waals surface area (Å²) in [6, 6.07) is 10.5. The molecule has 2 saturated heterocycles. The molecule has 28 heavy (non-hydrogen) atoms. The average Bonchev–Trinajstić information content (AvgIpc) is 3.18. The maximum absolute atomic E-state index is 11.7. The Morgan fingerprint density at radius 1 is 1.29 bits per heavy atom. The first-order valence-corrected chi connectivity index (χ1v) is 10.3. The van der Waals surface area contributed by atoms with Gasteiger partial charge in [0.1, 0.15) is 0 Å². The van der Waals surface area contributed by atoms with Gasteiger partial charge in [0, 0.05) is 56.8 Å². The van der Waals surface area contributed by atoms with Crippen LogP contribution < -0.4 is 10.6 Å². The number of aromatic nitrogens is 2. The summed E-state index contributed by atoms with van der Waals surface area (Å²) in [6.45, 7) is 11.5. The van der Waals surface area contributed by atoms with Crippen LogP contribution in [0, 0.1) is 19.8 Å². The van der Waals surface area contributed by atoms with Gasteiger partial charge in [-0.2, -0.15) is 5.10 Å². The Morgan fingerprint density at radius 2 is 2.07 bits per heavy atom. The van der Waals surface area contributed by atoms with Gasteiger partial charge in [-0.15, -0.1) is 0 Å². The molecule has 0 aliphatic carbocycles. The maximum Gasteiger partial charge on any atom is 0.217 e. The van der Waals surface area contributed by atoms with Crippen LogP contribution in [0.5, 0.6) is 0 Å². The highest BCUT2D eigenvalue weighted by Crippen LogP contribution is 2.32. The summed E-state index contributed by atoms with van der Waals surface area (Å²) in [6.07, 6.45) is 1.00. The summed E-state index contributed by atoms with van der Waals surface area (Å²) in [5, 5.41) is 11.6. The zero-order valence-corrected chi connectivity index (χ0v) is 17.2. The van der Waals surface area contributed by atoms with Gasteiger partial charge in [-0.05, 0) is 25.8 Å². The van der Waals surface area contributed by atoms with E-state index in [-0.39, 0.29) is 11.4 Å². The second-order valence-electron chi connectivity index (χ2n) is 8.44. The van der Waals surface area contributed by atoms with Crippen molar-refractivity contribution in [3.63, 3.8) is 0 Å². The van der Waals surface area contributed by atoms with Crippen LogP contribution in [0.4, 0.5) is 0 Å². The van der Waals surface area contributed by atoms with Crippen LogP contribution >= 0.6 is 0 Å². The Bertz CT molecular complexity index is 846. The van der Waals surface area contributed by atoms with Crippen LogP contribution in [0.15, 0.2) is 30.3 Å². The molecule has 1 aromatic heterocycles. The summed E-state index contributed by atoms with van der Waals surface area (Å²) in [5.41, 5.74) is 4.93. The zero-order chi connectivity index (χ0) is 19.7. The molecule has 0 spiro atoms. The molecule has 0 radical (unpaired) electrons. The van der Waals surface area contributed by atoms with Crippen molar-refractivity contribution in [2.75, 3.05) is 26.2 Å². The maximum atomic E-state index is 11.7. The lowest BCUT2D eigenvalue weighted by Gasteiger charge is -2.44. The molecule has 3 heterocycles. The van der Waals surface area contributed by atoms with Crippen LogP contribution in [0.3, 0.4) is 0 Å². The molecule has 1 aromatic carbocycles. The van der Waals surface area contributed by atoms with Crippen molar-refractivity contribution in [3.8, 4) is 0 Å². The number of carbonyl (C=O) groups excluding carboxylic acids is 1. The Hall–Kier alpha value is -2.18. The summed E-state index contributed by atoms with van der Waals surface area (Å²) >= 11 is 0. The monoisotopic (exact) mass is 381 g/mol. The lowest BCUT2D eigenvalue weighted by atomic mass is 9.80. The third-order valence-electron chi connectivity index (χ3n) is 6.48. The van der Waals surface area contributed by atoms with Crippen molar-refractivity contribution in [1.82, 2.24) is 25.3 Å². The second kappa shape index (κ2) is 7.68. The zero-order valence-electron chi connectivity index (χ0n) is 17.2. The van der Waals surface area contributed by atoms with Gasteiger partial charge in [0.05, 0.1) is 17.8 Å². The van der Waals surface area contributed by atoms with E-state index in [1.54, 1.807) is 6.92 Å². The molecule has 150 valence electrons. The van der Waals surface area contributed by atoms with Gasteiger partial charge in [0.2, 0.25) is 5.91 Å². The van der Waals surface area contributed by atoms with Crippen LogP contribution in [0.25, 0.3) is 0 Å². The van der Waals surface area contributed by atoms with Crippen LogP contribution in [0.1, 0.15) is 35.9 Å². The lowest BCUT2D eigenvalue weighted by Crippen LogP contribution is -2.60. The number of benzene rings is 1. The Labute approximate surface area is 167 Å². The minimum Gasteiger partial charge on any atom is -0.349 e. The molecule has 4 rings (SSSR count). The summed E-state index contributed by atoms with van der Waals surface area (Å²) in [7, 11) is 0. The molecule has 2 aromatic rings. The number of rotatable bonds is 5. The predicted octanol–water partition coefficient (Wildman–Crippen LogP) is 1.85. The highest BCUT2D eigenvalue weighted by atomic mass is 16.1. The normalized spacial score (nSPS) is 24.9. The molecule has 6 heteroatoms. The highest BCUT2D eigenvalue weighted by Gasteiger charge is 2.46. The van der Waals surface area contributed by atoms with Gasteiger partial charge in [-0.1, -0.05) is 30.3 Å². The van der Waals surface area contributed by atoms with E-state index < -0.39 is 0 Å². The average molecular weight is 382 g/mol. The number of aryl methyl sites for hydroxylation is 1. The number of piperidine rings is 1. The molecule has 0 saturated carbocycles. The van der Waals surface area contributed by atoms with Gasteiger partial charge in [0.25, 0.3) is 0 Å². The van der Waals surface area contributed by atoms with Crippen molar-refractivity contribution < 1.29 is 4.79 Å². The van der Waals surface area contributed by atoms with Crippen molar-refractivity contribution in [1.29, 1.82) is 0 Å². The van der Waals surface area contributed by atoms with E-state index in [4.69, 9.17) is 5.10 Å². The van der Waals surface area contributed by atoms with Crippen LogP contribution in [-0.2, 0) is 17.9 Å². The largest absolute Gasteiger partial charge is 0.349 e. The van der Waals surface area contributed by atoms with Crippen molar-refractivity contribution >= 4 is 5.91 Å². The van der Waals surface area contributed by atoms with Gasteiger partial charge < -0.3 is 10.6 Å². The fourth-order valence-electron chi connectivity index (χ4n) is 4.90. The molecular formula is C22H31N5O. The number of fused-ring (bicyclic) bond motifs is 1. The molecule has 2 aliphatic rings. The molecule has 6 nitrogen and oxygen atoms in total. The van der Waals surface area contributed by atoms with E-state index in [0.717, 1.165) is 51.4 Å². The minimum atomic E-state index is -0.0656. The van der Waals surface area contributed by atoms with Crippen molar-refractivity contribution in [2.45, 2.75) is 45.8 Å². The number of carbonyl (C=O) groups is 1. The van der Waals surface area contributed by atoms with Crippen LogP contribution in [0.2, 0.25) is 0 Å². The number of likely N-dealkylation sites (tertiary alicyclic amines) is 1. The van der Waals surface area contributed by atoms with Gasteiger partial charge in [-0.25, -0.2) is 0 Å². The van der Waals surface area contributed by atoms with Gasteiger partial charge >= 0.3 is 0 Å². The first-order valence-electron chi connectivity index (χ1n) is 10.3. The molecule has 2 N–H and O–H groups in total. The first kappa shape index (κ1) is 19.2. The molecule has 0 unspecified atom stereocenters. The number of nitrogens with zero attached hydrogens (tertiary/aromatic N) is 3. The Kier molecular flexibility index (Phi) is 5.25. The van der Waals surface area contributed by atoms with Gasteiger partial charge in [0.15, 0.2) is 0 Å². The van der Waals surface area contributed by atoms with E-state index in [2.05, 4.69) is 58.3 Å². The molecule has 1 amide bonds. The molecule has 2 fully saturated rings. The van der Waals surface area contributed by atoms with Crippen molar-refractivity contribution in [2.24, 2.45) is 5.92 Å². The van der Waals surface area contributed by atoms with E-state index >= 15 is 0 Å². The third kappa shape index (κ3) is 3.71. The topological polar surface area (TPSA) is 62.2 Å². The minimum absolute atomic E-state index is 0.0656. The molecule has 2 aliphatic heterocycles. The highest BCUT2D eigenvalue weighted by molar-refractivity contribution is 5.74. The molecule has 2 atom stereocenters. The fourth-order valence-corrected chi connectivity index (χ4v) is 4.90. The Balaban J connectivity index is 1.46. The van der Waals surface area contributed by atoms with Crippen molar-refractivity contribution in [3.05, 3.63) is 52.8 Å². The second-order valence-corrected chi connectivity index (χ2v) is 8.44. The first-order chi connectivity index (χ1) is 13.5. The lowest BCUT2D eigenvalue weighted by molar-refractivity contribution is -0.121. The standard InChI is InChI=1S/C22H31N5O/c1-16-21(17(2)27(25-16)12-19-7-5-4-6-8-19)14-26-10-9-22(24-18(3)28)15-23-11-20(22)13-26/h4-8,20,23H,9-15H2,1-3H3,(H,24,28)/t20-,22+/m0/s1. The number of nitrogens with one attached hydrogen (secondary N) is 2. The van der Waals surface area contributed by atoms with E-state index in [9.17, 15) is 4.79 Å². The number of amides is 1. The quantitative estimate of drug-likeness (QED) is 0.830. The fraction of sp³-hybridized carbons (Fsp3) is 0.545. The van der Waals surface area contributed by atoms with E-state index in [1.807, 2.05) is 6.07 Å². The molecule has 0 bridgehead atoms. The Morgan fingerprint density at radius 3 is 2.82 bits per heavy atom. The smallest absolute Gasteiger partial charge is 0.217 e. The molecular weight excluding hydrogens is 350 g/mol. The third-order valence-corrected chi connectivity index (χ3v) is 6.48. The van der Waals surface area contributed by atoms with Crippen LogP contribution in [-0.4, -0.2) is 52.3 Å². The number of hydrogen-bond acceptors (Lipinski definition) is 4. The number of hydrogen-bond donors (Lipinski definition) is 2. The summed E-state index contributed by atoms with van der Waals surface area (Å²) < 4.78 is 2.13. The van der Waals surface area contributed by atoms with E-state index in [0.29, 0.717) is 5.92 Å². The summed E-state index contributed by atoms with van der Waals surface area (Å²) in [5.74, 6) is 0.543. The van der Waals surface area contributed by atoms with Gasteiger partial charge in [-0.3, -0.25) is 14.4 Å².